The highest BCUT2D eigenvalue weighted by atomic mass is 35.5. The zero-order chi connectivity index (χ0) is 28.9. The number of carboxylic acids is 1. The van der Waals surface area contributed by atoms with Gasteiger partial charge in [0.05, 0.1) is 17.3 Å². The number of aliphatic carboxylic acids is 1. The largest absolute Gasteiger partial charge is 0.492 e. The summed E-state index contributed by atoms with van der Waals surface area (Å²) in [5, 5.41) is 14.0. The number of amides is 1. The van der Waals surface area contributed by atoms with Crippen LogP contribution in [-0.4, -0.2) is 59.7 Å². The van der Waals surface area contributed by atoms with Gasteiger partial charge in [0.15, 0.2) is 0 Å². The van der Waals surface area contributed by atoms with Gasteiger partial charge in [0, 0.05) is 33.3 Å². The van der Waals surface area contributed by atoms with E-state index in [0.717, 1.165) is 32.2 Å². The molecule has 7 nitrogen and oxygen atoms in total. The Morgan fingerprint density at radius 3 is 2.35 bits per heavy atom. The minimum atomic E-state index is -1.31. The number of carbonyl (C=O) groups excluding carboxylic acids is 1. The number of carbonyl (C=O) groups is 2. The quantitative estimate of drug-likeness (QED) is 0.237. The number of nitrogens with one attached hydrogen (secondary N) is 1. The van der Waals surface area contributed by atoms with Gasteiger partial charge in [-0.1, -0.05) is 66.2 Å². The van der Waals surface area contributed by atoms with E-state index in [1.54, 1.807) is 48.5 Å². The molecule has 2 aromatic carbocycles. The Kier molecular flexibility index (Phi) is 9.95. The second-order valence-electron chi connectivity index (χ2n) is 10.2. The summed E-state index contributed by atoms with van der Waals surface area (Å²) in [6.07, 6.45) is 3.97. The zero-order valence-corrected chi connectivity index (χ0v) is 24.7. The molecule has 1 aliphatic rings. The maximum Gasteiger partial charge on any atom is 0.329 e. The van der Waals surface area contributed by atoms with Crippen molar-refractivity contribution in [3.63, 3.8) is 0 Å². The first-order valence-corrected chi connectivity index (χ1v) is 14.3. The van der Waals surface area contributed by atoms with Crippen molar-refractivity contribution in [2.24, 2.45) is 0 Å². The van der Waals surface area contributed by atoms with Crippen LogP contribution in [0.4, 0.5) is 0 Å². The van der Waals surface area contributed by atoms with Crippen LogP contribution in [0.3, 0.4) is 0 Å². The molecule has 1 heterocycles. The number of carboxylic acid groups (broad SMARTS) is 1. The van der Waals surface area contributed by atoms with Crippen LogP contribution in [-0.2, 0) is 4.79 Å². The number of nitrogens with zero attached hydrogens (tertiary/aromatic N) is 2. The standard InChI is InChI=1S/C30H32Cl3N3O4/c1-36(2)16-7-17-40-25-18-19(10-12-21(25)31)27-20(26-22(32)8-6-9-23(26)33)11-13-24(34-27)28(37)35-30(29(38)39)14-4-3-5-15-30/h6,8-13,18H,3-5,7,14-17H2,1-2H3,(H,35,37)(H,38,39). The van der Waals surface area contributed by atoms with Gasteiger partial charge in [0.1, 0.15) is 17.0 Å². The summed E-state index contributed by atoms with van der Waals surface area (Å²) >= 11 is 19.6. The van der Waals surface area contributed by atoms with Crippen molar-refractivity contribution in [2.75, 3.05) is 27.2 Å². The molecule has 2 N–H and O–H groups in total. The molecule has 1 fully saturated rings. The number of benzene rings is 2. The molecule has 1 saturated carbocycles. The maximum atomic E-state index is 13.4. The number of halogens is 3. The summed E-state index contributed by atoms with van der Waals surface area (Å²) < 4.78 is 5.98. The number of pyridine rings is 1. The summed E-state index contributed by atoms with van der Waals surface area (Å²) in [6, 6.07) is 13.8. The van der Waals surface area contributed by atoms with Gasteiger partial charge >= 0.3 is 5.97 Å². The molecule has 0 spiro atoms. The van der Waals surface area contributed by atoms with Crippen LogP contribution in [0.5, 0.6) is 5.75 Å². The van der Waals surface area contributed by atoms with E-state index in [-0.39, 0.29) is 5.69 Å². The third-order valence-corrected chi connectivity index (χ3v) is 7.98. The van der Waals surface area contributed by atoms with Crippen LogP contribution < -0.4 is 10.1 Å². The van der Waals surface area contributed by atoms with Gasteiger partial charge in [0.25, 0.3) is 5.91 Å². The monoisotopic (exact) mass is 603 g/mol. The fourth-order valence-electron chi connectivity index (χ4n) is 4.92. The lowest BCUT2D eigenvalue weighted by Gasteiger charge is -2.33. The molecule has 1 aliphatic carbocycles. The van der Waals surface area contributed by atoms with E-state index >= 15 is 0 Å². The molecule has 212 valence electrons. The van der Waals surface area contributed by atoms with Crippen LogP contribution in [0.15, 0.2) is 48.5 Å². The summed E-state index contributed by atoms with van der Waals surface area (Å²) in [4.78, 5) is 32.4. The van der Waals surface area contributed by atoms with Crippen LogP contribution in [0, 0.1) is 0 Å². The molecule has 0 saturated heterocycles. The number of hydrogen-bond acceptors (Lipinski definition) is 5. The predicted molar refractivity (Wildman–Crippen MR) is 160 cm³/mol. The zero-order valence-electron chi connectivity index (χ0n) is 22.5. The fourth-order valence-corrected chi connectivity index (χ4v) is 5.69. The van der Waals surface area contributed by atoms with Gasteiger partial charge in [-0.2, -0.15) is 0 Å². The van der Waals surface area contributed by atoms with Crippen molar-refractivity contribution in [2.45, 2.75) is 44.1 Å². The van der Waals surface area contributed by atoms with Gasteiger partial charge in [0.2, 0.25) is 0 Å². The number of hydrogen-bond donors (Lipinski definition) is 2. The summed E-state index contributed by atoms with van der Waals surface area (Å²) in [7, 11) is 3.99. The Labute approximate surface area is 249 Å². The molecule has 10 heteroatoms. The number of aromatic nitrogens is 1. The van der Waals surface area contributed by atoms with E-state index in [1.807, 2.05) is 14.1 Å². The minimum absolute atomic E-state index is 0.0801. The minimum Gasteiger partial charge on any atom is -0.492 e. The van der Waals surface area contributed by atoms with Gasteiger partial charge in [-0.3, -0.25) is 4.79 Å². The van der Waals surface area contributed by atoms with E-state index < -0.39 is 17.4 Å². The highest BCUT2D eigenvalue weighted by molar-refractivity contribution is 6.39. The Bertz CT molecular complexity index is 1370. The molecule has 0 aliphatic heterocycles. The summed E-state index contributed by atoms with van der Waals surface area (Å²) in [6.45, 7) is 1.33. The molecule has 0 atom stereocenters. The van der Waals surface area contributed by atoms with Gasteiger partial charge in [-0.05, 0) is 69.8 Å². The third-order valence-electron chi connectivity index (χ3n) is 7.04. The SMILES string of the molecule is CN(C)CCCOc1cc(-c2nc(C(=O)NC3(C(=O)O)CCCCC3)ccc2-c2c(Cl)cccc2Cl)ccc1Cl. The molecule has 1 aromatic heterocycles. The first-order chi connectivity index (χ1) is 19.1. The maximum absolute atomic E-state index is 13.4. The summed E-state index contributed by atoms with van der Waals surface area (Å²) in [5.41, 5.74) is 1.02. The smallest absolute Gasteiger partial charge is 0.329 e. The van der Waals surface area contributed by atoms with Crippen molar-refractivity contribution in [1.82, 2.24) is 15.2 Å². The van der Waals surface area contributed by atoms with Crippen LogP contribution in [0.25, 0.3) is 22.4 Å². The van der Waals surface area contributed by atoms with Crippen molar-refractivity contribution in [3.8, 4) is 28.1 Å². The van der Waals surface area contributed by atoms with E-state index in [1.165, 1.54) is 0 Å². The first kappa shape index (κ1) is 30.1. The van der Waals surface area contributed by atoms with Crippen molar-refractivity contribution < 1.29 is 19.4 Å². The second kappa shape index (κ2) is 13.2. The molecule has 1 amide bonds. The predicted octanol–water partition coefficient (Wildman–Crippen LogP) is 7.22. The third kappa shape index (κ3) is 6.89. The van der Waals surface area contributed by atoms with E-state index in [0.29, 0.717) is 62.7 Å². The topological polar surface area (TPSA) is 91.8 Å². The molecular formula is C30H32Cl3N3O4. The van der Waals surface area contributed by atoms with Crippen LogP contribution >= 0.6 is 34.8 Å². The van der Waals surface area contributed by atoms with E-state index in [9.17, 15) is 14.7 Å². The average Bonchev–Trinajstić information content (AvgIpc) is 2.92. The lowest BCUT2D eigenvalue weighted by molar-refractivity contribution is -0.145. The average molecular weight is 605 g/mol. The number of rotatable bonds is 10. The molecule has 0 unspecified atom stereocenters. The lowest BCUT2D eigenvalue weighted by Crippen LogP contribution is -2.55. The normalized spacial score (nSPS) is 14.7. The van der Waals surface area contributed by atoms with E-state index in [4.69, 9.17) is 44.5 Å². The second-order valence-corrected chi connectivity index (χ2v) is 11.5. The molecule has 4 rings (SSSR count). The van der Waals surface area contributed by atoms with Gasteiger partial charge in [-0.25, -0.2) is 9.78 Å². The van der Waals surface area contributed by atoms with Crippen LogP contribution in [0.1, 0.15) is 49.0 Å². The Morgan fingerprint density at radius 1 is 1.00 bits per heavy atom. The molecule has 40 heavy (non-hydrogen) atoms. The van der Waals surface area contributed by atoms with Crippen molar-refractivity contribution >= 4 is 46.7 Å². The highest BCUT2D eigenvalue weighted by Crippen LogP contribution is 2.41. The highest BCUT2D eigenvalue weighted by Gasteiger charge is 2.41. The molecular weight excluding hydrogens is 573 g/mol. The Morgan fingerprint density at radius 2 is 1.70 bits per heavy atom. The number of ether oxygens (including phenoxy) is 1. The molecule has 0 bridgehead atoms. The molecule has 3 aromatic rings. The van der Waals surface area contributed by atoms with Crippen LogP contribution in [0.2, 0.25) is 15.1 Å². The van der Waals surface area contributed by atoms with Gasteiger partial charge < -0.3 is 20.1 Å². The van der Waals surface area contributed by atoms with Crippen molar-refractivity contribution in [1.29, 1.82) is 0 Å². The van der Waals surface area contributed by atoms with Crippen molar-refractivity contribution in [3.05, 3.63) is 69.3 Å². The molecule has 0 radical (unpaired) electrons. The lowest BCUT2D eigenvalue weighted by atomic mass is 9.81. The van der Waals surface area contributed by atoms with Gasteiger partial charge in [-0.15, -0.1) is 0 Å². The fraction of sp³-hybridized carbons (Fsp3) is 0.367. The Balaban J connectivity index is 1.76. The Hall–Kier alpha value is -2.84. The van der Waals surface area contributed by atoms with E-state index in [2.05, 4.69) is 10.2 Å². The first-order valence-electron chi connectivity index (χ1n) is 13.2. The summed E-state index contributed by atoms with van der Waals surface area (Å²) in [5.74, 6) is -1.11.